The van der Waals surface area contributed by atoms with Crippen molar-refractivity contribution in [3.63, 3.8) is 0 Å². The minimum absolute atomic E-state index is 0.459. The number of hydrogen-bond donors (Lipinski definition) is 1. The van der Waals surface area contributed by atoms with E-state index in [9.17, 15) is 13.2 Å². The highest BCUT2D eigenvalue weighted by Crippen LogP contribution is 2.27. The molecule has 1 saturated carbocycles. The first-order valence-electron chi connectivity index (χ1n) is 5.47. The van der Waals surface area contributed by atoms with Gasteiger partial charge in [-0.15, -0.1) is 0 Å². The highest BCUT2D eigenvalue weighted by atomic mass is 32.2. The maximum absolute atomic E-state index is 11.8. The van der Waals surface area contributed by atoms with Gasteiger partial charge in [-0.05, 0) is 12.8 Å². The van der Waals surface area contributed by atoms with Gasteiger partial charge in [-0.1, -0.05) is 19.3 Å². The zero-order valence-corrected chi connectivity index (χ0v) is 9.59. The smallest absolute Gasteiger partial charge is 0.308 e. The Balaban J connectivity index is 1.92. The normalized spacial score (nSPS) is 19.4. The van der Waals surface area contributed by atoms with Gasteiger partial charge in [0.25, 0.3) is 0 Å². The Morgan fingerprint density at radius 2 is 1.80 bits per heavy atom. The fraction of sp³-hybridized carbons (Fsp3) is 1.00. The largest absolute Gasteiger partial charge is 0.401 e. The fourth-order valence-electron chi connectivity index (χ4n) is 1.76. The molecule has 0 amide bonds. The third kappa shape index (κ3) is 7.06. The van der Waals surface area contributed by atoms with Crippen molar-refractivity contribution in [2.75, 3.05) is 18.8 Å². The summed E-state index contributed by atoms with van der Waals surface area (Å²) in [5.41, 5.74) is 0. The molecule has 1 N–H and O–H groups in total. The first kappa shape index (κ1) is 13.2. The molecule has 0 radical (unpaired) electrons. The van der Waals surface area contributed by atoms with Crippen molar-refractivity contribution in [3.05, 3.63) is 0 Å². The van der Waals surface area contributed by atoms with E-state index < -0.39 is 12.7 Å². The summed E-state index contributed by atoms with van der Waals surface area (Å²) in [6.45, 7) is -0.404. The van der Waals surface area contributed by atoms with Gasteiger partial charge < -0.3 is 5.32 Å². The first-order chi connectivity index (χ1) is 7.08. The Labute approximate surface area is 93.2 Å². The van der Waals surface area contributed by atoms with Crippen LogP contribution in [0.15, 0.2) is 0 Å². The molecule has 0 aliphatic heterocycles. The van der Waals surface area contributed by atoms with Crippen molar-refractivity contribution in [2.45, 2.75) is 43.5 Å². The molecule has 0 saturated heterocycles. The summed E-state index contributed by atoms with van der Waals surface area (Å²) in [5, 5.41) is 3.11. The van der Waals surface area contributed by atoms with Crippen LogP contribution in [-0.2, 0) is 0 Å². The zero-order chi connectivity index (χ0) is 11.1. The lowest BCUT2D eigenvalue weighted by Gasteiger charge is -2.20. The van der Waals surface area contributed by atoms with Crippen molar-refractivity contribution in [1.29, 1.82) is 0 Å². The Kier molecular flexibility index (Phi) is 5.82. The van der Waals surface area contributed by atoms with Crippen molar-refractivity contribution < 1.29 is 13.2 Å². The standard InChI is InChI=1S/C10H18F3NS/c11-10(12,13)8-14-6-7-15-9-4-2-1-3-5-9/h9,14H,1-8H2. The third-order valence-corrected chi connectivity index (χ3v) is 3.89. The van der Waals surface area contributed by atoms with Crippen LogP contribution in [0, 0.1) is 0 Å². The Hall–Kier alpha value is 0.100. The van der Waals surface area contributed by atoms with E-state index in [1.54, 1.807) is 0 Å². The fourth-order valence-corrected chi connectivity index (χ4v) is 3.02. The molecule has 0 spiro atoms. The minimum atomic E-state index is -4.07. The molecule has 0 heterocycles. The highest BCUT2D eigenvalue weighted by Gasteiger charge is 2.25. The molecule has 5 heteroatoms. The summed E-state index contributed by atoms with van der Waals surface area (Å²) in [5.74, 6) is 0.792. The Bertz CT molecular complexity index is 167. The summed E-state index contributed by atoms with van der Waals surface area (Å²) >= 11 is 1.82. The number of nitrogens with one attached hydrogen (secondary N) is 1. The summed E-state index contributed by atoms with van der Waals surface area (Å²) in [6, 6.07) is 0. The Morgan fingerprint density at radius 3 is 2.40 bits per heavy atom. The van der Waals surface area contributed by atoms with Crippen LogP contribution in [0.1, 0.15) is 32.1 Å². The van der Waals surface area contributed by atoms with E-state index in [1.807, 2.05) is 11.8 Å². The van der Waals surface area contributed by atoms with E-state index in [0.717, 1.165) is 5.75 Å². The van der Waals surface area contributed by atoms with E-state index in [0.29, 0.717) is 11.8 Å². The average molecular weight is 241 g/mol. The van der Waals surface area contributed by atoms with Gasteiger partial charge in [0.05, 0.1) is 6.54 Å². The molecule has 1 aliphatic rings. The molecule has 90 valence electrons. The molecule has 0 atom stereocenters. The monoisotopic (exact) mass is 241 g/mol. The lowest BCUT2D eigenvalue weighted by Crippen LogP contribution is -2.30. The number of hydrogen-bond acceptors (Lipinski definition) is 2. The predicted molar refractivity (Wildman–Crippen MR) is 58.3 cm³/mol. The molecular formula is C10H18F3NS. The topological polar surface area (TPSA) is 12.0 Å². The maximum Gasteiger partial charge on any atom is 0.401 e. The lowest BCUT2D eigenvalue weighted by atomic mass is 10.0. The van der Waals surface area contributed by atoms with E-state index in [2.05, 4.69) is 5.32 Å². The van der Waals surface area contributed by atoms with E-state index in [1.165, 1.54) is 32.1 Å². The van der Waals surface area contributed by atoms with Crippen molar-refractivity contribution in [2.24, 2.45) is 0 Å². The van der Waals surface area contributed by atoms with Gasteiger partial charge in [0, 0.05) is 17.5 Å². The quantitative estimate of drug-likeness (QED) is 0.742. The molecule has 0 bridgehead atoms. The minimum Gasteiger partial charge on any atom is -0.308 e. The van der Waals surface area contributed by atoms with Gasteiger partial charge in [-0.2, -0.15) is 24.9 Å². The van der Waals surface area contributed by atoms with Crippen LogP contribution in [0.25, 0.3) is 0 Å². The predicted octanol–water partition coefficient (Wildman–Crippen LogP) is 3.20. The second-order valence-corrected chi connectivity index (χ2v) is 5.33. The van der Waals surface area contributed by atoms with Crippen LogP contribution >= 0.6 is 11.8 Å². The van der Waals surface area contributed by atoms with Crippen LogP contribution in [0.2, 0.25) is 0 Å². The van der Waals surface area contributed by atoms with Crippen LogP contribution in [0.5, 0.6) is 0 Å². The molecule has 1 fully saturated rings. The van der Waals surface area contributed by atoms with Gasteiger partial charge in [-0.25, -0.2) is 0 Å². The number of thioether (sulfide) groups is 1. The van der Waals surface area contributed by atoms with Gasteiger partial charge in [0.2, 0.25) is 0 Å². The van der Waals surface area contributed by atoms with Crippen molar-refractivity contribution in [3.8, 4) is 0 Å². The van der Waals surface area contributed by atoms with Crippen LogP contribution < -0.4 is 5.32 Å². The Morgan fingerprint density at radius 1 is 1.13 bits per heavy atom. The first-order valence-corrected chi connectivity index (χ1v) is 6.52. The third-order valence-electron chi connectivity index (χ3n) is 2.51. The molecule has 0 aromatic heterocycles. The number of alkyl halides is 3. The SMILES string of the molecule is FC(F)(F)CNCCSC1CCCCC1. The number of halogens is 3. The molecule has 0 aromatic carbocycles. The molecule has 1 rings (SSSR count). The van der Waals surface area contributed by atoms with Crippen LogP contribution in [0.3, 0.4) is 0 Å². The van der Waals surface area contributed by atoms with Crippen LogP contribution in [-0.4, -0.2) is 30.3 Å². The molecule has 1 nitrogen and oxygen atoms in total. The maximum atomic E-state index is 11.8. The molecule has 15 heavy (non-hydrogen) atoms. The summed E-state index contributed by atoms with van der Waals surface area (Å²) in [4.78, 5) is 0. The van der Waals surface area contributed by atoms with E-state index >= 15 is 0 Å². The van der Waals surface area contributed by atoms with Gasteiger partial charge >= 0.3 is 6.18 Å². The molecule has 1 aliphatic carbocycles. The molecular weight excluding hydrogens is 223 g/mol. The van der Waals surface area contributed by atoms with Crippen molar-refractivity contribution in [1.82, 2.24) is 5.32 Å². The lowest BCUT2D eigenvalue weighted by molar-refractivity contribution is -0.124. The highest BCUT2D eigenvalue weighted by molar-refractivity contribution is 7.99. The van der Waals surface area contributed by atoms with Gasteiger partial charge in [-0.3, -0.25) is 0 Å². The van der Waals surface area contributed by atoms with E-state index in [4.69, 9.17) is 0 Å². The molecule has 0 unspecified atom stereocenters. The number of rotatable bonds is 5. The zero-order valence-electron chi connectivity index (χ0n) is 8.78. The average Bonchev–Trinajstić information content (AvgIpc) is 2.17. The summed E-state index contributed by atoms with van der Waals surface area (Å²) in [7, 11) is 0. The van der Waals surface area contributed by atoms with Crippen molar-refractivity contribution >= 4 is 11.8 Å². The second kappa shape index (κ2) is 6.63. The van der Waals surface area contributed by atoms with Crippen LogP contribution in [0.4, 0.5) is 13.2 Å². The van der Waals surface area contributed by atoms with E-state index in [-0.39, 0.29) is 0 Å². The van der Waals surface area contributed by atoms with Gasteiger partial charge in [0.15, 0.2) is 0 Å². The summed E-state index contributed by atoms with van der Waals surface area (Å²) in [6.07, 6.45) is 2.30. The van der Waals surface area contributed by atoms with Gasteiger partial charge in [0.1, 0.15) is 0 Å². The summed E-state index contributed by atoms with van der Waals surface area (Å²) < 4.78 is 35.3. The second-order valence-electron chi connectivity index (χ2n) is 3.92. The molecule has 0 aromatic rings.